The number of fused-ring (bicyclic) bond motifs is 1. The summed E-state index contributed by atoms with van der Waals surface area (Å²) in [6.07, 6.45) is 0.817. The maximum atomic E-state index is 5.52. The van der Waals surface area contributed by atoms with E-state index in [0.29, 0.717) is 13.2 Å². The van der Waals surface area contributed by atoms with Gasteiger partial charge < -0.3 is 18.9 Å². The maximum Gasteiger partial charge on any atom is 0.130 e. The lowest BCUT2D eigenvalue weighted by molar-refractivity contribution is 0.151. The van der Waals surface area contributed by atoms with Crippen LogP contribution < -0.4 is 14.2 Å². The van der Waals surface area contributed by atoms with Gasteiger partial charge in [-0.05, 0) is 37.1 Å². The predicted molar refractivity (Wildman–Crippen MR) is 83.8 cm³/mol. The summed E-state index contributed by atoms with van der Waals surface area (Å²) in [6.45, 7) is 3.39. The van der Waals surface area contributed by atoms with Crippen LogP contribution in [0.1, 0.15) is 12.5 Å². The summed E-state index contributed by atoms with van der Waals surface area (Å²) in [5.74, 6) is 2.37. The van der Waals surface area contributed by atoms with Gasteiger partial charge in [0.25, 0.3) is 0 Å². The molecule has 0 N–H and O–H groups in total. The Labute approximate surface area is 125 Å². The quantitative estimate of drug-likeness (QED) is 0.732. The summed E-state index contributed by atoms with van der Waals surface area (Å²) in [7, 11) is 4.99. The van der Waals surface area contributed by atoms with Gasteiger partial charge in [-0.3, -0.25) is 0 Å². The second-order valence-electron chi connectivity index (χ2n) is 4.59. The van der Waals surface area contributed by atoms with E-state index in [1.54, 1.807) is 21.3 Å². The van der Waals surface area contributed by atoms with Gasteiger partial charge in [0.15, 0.2) is 0 Å². The molecule has 0 bridgehead atoms. The number of methoxy groups -OCH3 is 3. The highest BCUT2D eigenvalue weighted by molar-refractivity contribution is 6.00. The summed E-state index contributed by atoms with van der Waals surface area (Å²) < 4.78 is 22.0. The Hall–Kier alpha value is -1.94. The molecule has 0 atom stereocenters. The van der Waals surface area contributed by atoms with Gasteiger partial charge in [0.05, 0.1) is 33.3 Å². The molecule has 0 unspecified atom stereocenters. The number of rotatable bonds is 7. The van der Waals surface area contributed by atoms with Gasteiger partial charge in [0.2, 0.25) is 0 Å². The van der Waals surface area contributed by atoms with Crippen LogP contribution in [0.5, 0.6) is 17.2 Å². The van der Waals surface area contributed by atoms with Crippen molar-refractivity contribution in [1.29, 1.82) is 0 Å². The number of ether oxygens (including phenoxy) is 4. The average molecular weight is 290 g/mol. The van der Waals surface area contributed by atoms with Gasteiger partial charge >= 0.3 is 0 Å². The first-order valence-electron chi connectivity index (χ1n) is 7.05. The third kappa shape index (κ3) is 3.05. The number of hydrogen-bond donors (Lipinski definition) is 0. The lowest BCUT2D eigenvalue weighted by Crippen LogP contribution is -2.01. The molecule has 21 heavy (non-hydrogen) atoms. The van der Waals surface area contributed by atoms with Gasteiger partial charge in [0.1, 0.15) is 17.2 Å². The van der Waals surface area contributed by atoms with Crippen molar-refractivity contribution in [1.82, 2.24) is 0 Å². The van der Waals surface area contributed by atoms with Crippen molar-refractivity contribution >= 4 is 10.8 Å². The Bertz CT molecular complexity index is 597. The first-order chi connectivity index (χ1) is 10.3. The summed E-state index contributed by atoms with van der Waals surface area (Å²) >= 11 is 0. The monoisotopic (exact) mass is 290 g/mol. The minimum atomic E-state index is 0.679. The molecule has 0 fully saturated rings. The second-order valence-corrected chi connectivity index (χ2v) is 4.59. The summed E-state index contributed by atoms with van der Waals surface area (Å²) in [6, 6.07) is 7.84. The summed E-state index contributed by atoms with van der Waals surface area (Å²) in [5, 5.41) is 1.96. The minimum Gasteiger partial charge on any atom is -0.496 e. The van der Waals surface area contributed by atoms with Crippen molar-refractivity contribution in [2.24, 2.45) is 0 Å². The smallest absolute Gasteiger partial charge is 0.130 e. The van der Waals surface area contributed by atoms with Crippen molar-refractivity contribution < 1.29 is 18.9 Å². The molecule has 0 radical (unpaired) electrons. The number of benzene rings is 2. The van der Waals surface area contributed by atoms with E-state index in [2.05, 4.69) is 6.07 Å². The fraction of sp³-hybridized carbons (Fsp3) is 0.412. The average Bonchev–Trinajstić information content (AvgIpc) is 2.54. The normalized spacial score (nSPS) is 10.7. The van der Waals surface area contributed by atoms with E-state index in [9.17, 15) is 0 Å². The van der Waals surface area contributed by atoms with Crippen LogP contribution in [0.25, 0.3) is 10.8 Å². The van der Waals surface area contributed by atoms with Gasteiger partial charge in [-0.25, -0.2) is 0 Å². The zero-order valence-corrected chi connectivity index (χ0v) is 13.1. The Morgan fingerprint density at radius 1 is 0.762 bits per heavy atom. The highest BCUT2D eigenvalue weighted by atomic mass is 16.5. The summed E-state index contributed by atoms with van der Waals surface area (Å²) in [5.41, 5.74) is 1.16. The van der Waals surface area contributed by atoms with Crippen molar-refractivity contribution in [2.45, 2.75) is 13.3 Å². The van der Waals surface area contributed by atoms with Crippen LogP contribution in [0.4, 0.5) is 0 Å². The molecule has 0 aliphatic rings. The first kappa shape index (κ1) is 15.4. The Balaban J connectivity index is 2.64. The molecule has 0 amide bonds. The fourth-order valence-electron chi connectivity index (χ4n) is 2.52. The van der Waals surface area contributed by atoms with E-state index < -0.39 is 0 Å². The first-order valence-corrected chi connectivity index (χ1v) is 7.05. The van der Waals surface area contributed by atoms with E-state index in [4.69, 9.17) is 18.9 Å². The van der Waals surface area contributed by atoms with E-state index in [1.807, 2.05) is 25.1 Å². The zero-order chi connectivity index (χ0) is 15.2. The molecular weight excluding hydrogens is 268 g/mol. The van der Waals surface area contributed by atoms with E-state index in [0.717, 1.165) is 40.0 Å². The molecule has 2 rings (SSSR count). The Morgan fingerprint density at radius 3 is 1.81 bits per heavy atom. The van der Waals surface area contributed by atoms with Gasteiger partial charge in [-0.1, -0.05) is 6.07 Å². The molecular formula is C17H22O4. The van der Waals surface area contributed by atoms with E-state index >= 15 is 0 Å². The van der Waals surface area contributed by atoms with Crippen LogP contribution in [0.15, 0.2) is 24.3 Å². The van der Waals surface area contributed by atoms with Crippen molar-refractivity contribution in [3.8, 4) is 17.2 Å². The molecule has 2 aromatic rings. The molecule has 0 spiro atoms. The van der Waals surface area contributed by atoms with E-state index in [1.165, 1.54) is 0 Å². The fourth-order valence-corrected chi connectivity index (χ4v) is 2.52. The third-order valence-corrected chi connectivity index (χ3v) is 3.51. The van der Waals surface area contributed by atoms with Gasteiger partial charge in [-0.2, -0.15) is 0 Å². The molecule has 114 valence electrons. The maximum absolute atomic E-state index is 5.52. The van der Waals surface area contributed by atoms with Crippen molar-refractivity contribution in [2.75, 3.05) is 34.5 Å². The molecule has 4 nitrogen and oxygen atoms in total. The van der Waals surface area contributed by atoms with Gasteiger partial charge in [-0.15, -0.1) is 0 Å². The largest absolute Gasteiger partial charge is 0.496 e. The van der Waals surface area contributed by atoms with Crippen LogP contribution in [-0.4, -0.2) is 34.5 Å². The summed E-state index contributed by atoms with van der Waals surface area (Å²) in [4.78, 5) is 0. The Kier molecular flexibility index (Phi) is 5.28. The highest BCUT2D eigenvalue weighted by Gasteiger charge is 2.15. The molecule has 0 saturated carbocycles. The second kappa shape index (κ2) is 7.18. The molecule has 0 aliphatic carbocycles. The van der Waals surface area contributed by atoms with Crippen LogP contribution in [0, 0.1) is 0 Å². The van der Waals surface area contributed by atoms with Gasteiger partial charge in [0, 0.05) is 12.0 Å². The molecule has 0 heterocycles. The van der Waals surface area contributed by atoms with Crippen molar-refractivity contribution in [3.05, 3.63) is 29.8 Å². The van der Waals surface area contributed by atoms with Crippen LogP contribution in [0.3, 0.4) is 0 Å². The zero-order valence-electron chi connectivity index (χ0n) is 13.1. The SMILES string of the molecule is CCOCCc1ccc(OC)c2c(OC)ccc(OC)c12. The topological polar surface area (TPSA) is 36.9 Å². The molecule has 4 heteroatoms. The predicted octanol–water partition coefficient (Wildman–Crippen LogP) is 3.44. The lowest BCUT2D eigenvalue weighted by Gasteiger charge is -2.16. The highest BCUT2D eigenvalue weighted by Crippen LogP contribution is 2.41. The van der Waals surface area contributed by atoms with E-state index in [-0.39, 0.29) is 0 Å². The standard InChI is InChI=1S/C17H22O4/c1-5-21-11-10-12-6-7-14(19-3)17-15(20-4)9-8-13(18-2)16(12)17/h6-9H,5,10-11H2,1-4H3. The van der Waals surface area contributed by atoms with Crippen LogP contribution in [-0.2, 0) is 11.2 Å². The molecule has 2 aromatic carbocycles. The molecule has 0 aliphatic heterocycles. The number of hydrogen-bond acceptors (Lipinski definition) is 4. The Morgan fingerprint density at radius 2 is 1.29 bits per heavy atom. The third-order valence-electron chi connectivity index (χ3n) is 3.51. The van der Waals surface area contributed by atoms with Crippen LogP contribution in [0.2, 0.25) is 0 Å². The van der Waals surface area contributed by atoms with Crippen LogP contribution >= 0.6 is 0 Å². The van der Waals surface area contributed by atoms with Crippen molar-refractivity contribution in [3.63, 3.8) is 0 Å². The lowest BCUT2D eigenvalue weighted by atomic mass is 9.99. The molecule has 0 saturated heterocycles. The minimum absolute atomic E-state index is 0.679. The molecule has 0 aromatic heterocycles.